The first-order chi connectivity index (χ1) is 12.5. The number of nitrogen functional groups attached to an aromatic ring is 1. The molecule has 1 aliphatic heterocycles. The minimum absolute atomic E-state index is 0.123. The molecule has 0 radical (unpaired) electrons. The molecule has 8 heteroatoms. The molecule has 138 valence electrons. The first kappa shape index (κ1) is 18.0. The fourth-order valence-electron chi connectivity index (χ4n) is 2.46. The van der Waals surface area contributed by atoms with Gasteiger partial charge in [-0.15, -0.1) is 0 Å². The zero-order valence-corrected chi connectivity index (χ0v) is 15.2. The summed E-state index contributed by atoms with van der Waals surface area (Å²) >= 11 is 6.26. The van der Waals surface area contributed by atoms with Crippen LogP contribution in [0.3, 0.4) is 0 Å². The number of methoxy groups -OCH3 is 1. The van der Waals surface area contributed by atoms with E-state index in [1.54, 1.807) is 18.2 Å². The Bertz CT molecular complexity index is 841. The maximum atomic E-state index is 12.6. The number of anilines is 2. The molecule has 3 rings (SSSR count). The number of amides is 1. The second-order valence-electron chi connectivity index (χ2n) is 5.58. The SMILES string of the molecule is CCCOc1c(Cl)cc(C(=O)Nc2cc3c(cc2N)OCO3)cc1OC. The van der Waals surface area contributed by atoms with Crippen molar-refractivity contribution < 1.29 is 23.7 Å². The van der Waals surface area contributed by atoms with E-state index in [0.717, 1.165) is 6.42 Å². The maximum absolute atomic E-state index is 12.6. The Balaban J connectivity index is 1.85. The number of fused-ring (bicyclic) bond motifs is 1. The number of benzene rings is 2. The summed E-state index contributed by atoms with van der Waals surface area (Å²) in [5, 5.41) is 3.04. The number of hydrogen-bond acceptors (Lipinski definition) is 6. The summed E-state index contributed by atoms with van der Waals surface area (Å²) in [6.07, 6.45) is 0.825. The van der Waals surface area contributed by atoms with Crippen LogP contribution in [-0.4, -0.2) is 26.4 Å². The summed E-state index contributed by atoms with van der Waals surface area (Å²) in [6.45, 7) is 2.60. The average Bonchev–Trinajstić information content (AvgIpc) is 3.07. The molecule has 2 aromatic rings. The molecular weight excluding hydrogens is 360 g/mol. The Hall–Kier alpha value is -2.80. The van der Waals surface area contributed by atoms with Crippen LogP contribution in [-0.2, 0) is 0 Å². The monoisotopic (exact) mass is 378 g/mol. The maximum Gasteiger partial charge on any atom is 0.255 e. The van der Waals surface area contributed by atoms with E-state index in [2.05, 4.69) is 5.32 Å². The molecule has 0 unspecified atom stereocenters. The van der Waals surface area contributed by atoms with E-state index in [0.29, 0.717) is 51.6 Å². The van der Waals surface area contributed by atoms with E-state index in [4.69, 9.17) is 36.3 Å². The lowest BCUT2D eigenvalue weighted by Gasteiger charge is -2.14. The third-order valence-electron chi connectivity index (χ3n) is 3.74. The third kappa shape index (κ3) is 3.57. The van der Waals surface area contributed by atoms with E-state index in [-0.39, 0.29) is 6.79 Å². The van der Waals surface area contributed by atoms with Gasteiger partial charge in [0, 0.05) is 17.7 Å². The van der Waals surface area contributed by atoms with Gasteiger partial charge in [0.25, 0.3) is 5.91 Å². The van der Waals surface area contributed by atoms with Crippen molar-refractivity contribution in [2.75, 3.05) is 31.6 Å². The standard InChI is InChI=1S/C18H19ClN2O5/c1-3-4-24-17-11(19)5-10(6-16(17)23-2)18(22)21-13-8-15-14(7-12(13)20)25-9-26-15/h5-8H,3-4,9,20H2,1-2H3,(H,21,22). The highest BCUT2D eigenvalue weighted by Gasteiger charge is 2.20. The number of carbonyl (C=O) groups excluding carboxylic acids is 1. The highest BCUT2D eigenvalue weighted by molar-refractivity contribution is 6.32. The molecule has 0 aromatic heterocycles. The van der Waals surface area contributed by atoms with Crippen molar-refractivity contribution in [3.05, 3.63) is 34.9 Å². The van der Waals surface area contributed by atoms with Crippen molar-refractivity contribution in [1.29, 1.82) is 0 Å². The van der Waals surface area contributed by atoms with Gasteiger partial charge in [0.15, 0.2) is 23.0 Å². The number of halogens is 1. The van der Waals surface area contributed by atoms with Gasteiger partial charge in [0.05, 0.1) is 30.1 Å². The summed E-state index contributed by atoms with van der Waals surface area (Å²) in [7, 11) is 1.49. The normalized spacial score (nSPS) is 12.0. The quantitative estimate of drug-likeness (QED) is 0.744. The summed E-state index contributed by atoms with van der Waals surface area (Å²) in [5.74, 6) is 1.47. The predicted octanol–water partition coefficient (Wildman–Crippen LogP) is 3.70. The minimum Gasteiger partial charge on any atom is -0.493 e. The van der Waals surface area contributed by atoms with E-state index in [1.807, 2.05) is 6.92 Å². The van der Waals surface area contributed by atoms with Gasteiger partial charge in [-0.25, -0.2) is 0 Å². The molecule has 0 aliphatic carbocycles. The fourth-order valence-corrected chi connectivity index (χ4v) is 2.72. The van der Waals surface area contributed by atoms with Crippen LogP contribution in [0.1, 0.15) is 23.7 Å². The molecule has 0 fully saturated rings. The molecule has 1 aliphatic rings. The van der Waals surface area contributed by atoms with Gasteiger partial charge < -0.3 is 30.0 Å². The van der Waals surface area contributed by atoms with Crippen molar-refractivity contribution in [3.63, 3.8) is 0 Å². The molecule has 0 saturated heterocycles. The Kier molecular flexibility index (Phi) is 5.27. The second-order valence-corrected chi connectivity index (χ2v) is 5.99. The number of carbonyl (C=O) groups is 1. The molecule has 0 bridgehead atoms. The average molecular weight is 379 g/mol. The van der Waals surface area contributed by atoms with E-state index < -0.39 is 5.91 Å². The van der Waals surface area contributed by atoms with Gasteiger partial charge in [-0.1, -0.05) is 18.5 Å². The summed E-state index contributed by atoms with van der Waals surface area (Å²) in [6, 6.07) is 6.31. The molecule has 1 amide bonds. The van der Waals surface area contributed by atoms with Gasteiger partial charge in [0.1, 0.15) is 0 Å². The van der Waals surface area contributed by atoms with Gasteiger partial charge in [-0.2, -0.15) is 0 Å². The minimum atomic E-state index is -0.391. The number of nitrogens with two attached hydrogens (primary N) is 1. The Morgan fingerprint density at radius 1 is 1.27 bits per heavy atom. The number of ether oxygens (including phenoxy) is 4. The Morgan fingerprint density at radius 2 is 2.00 bits per heavy atom. The zero-order valence-electron chi connectivity index (χ0n) is 14.4. The first-order valence-electron chi connectivity index (χ1n) is 8.04. The smallest absolute Gasteiger partial charge is 0.255 e. The zero-order chi connectivity index (χ0) is 18.7. The van der Waals surface area contributed by atoms with Gasteiger partial charge in [-0.3, -0.25) is 4.79 Å². The summed E-state index contributed by atoms with van der Waals surface area (Å²) < 4.78 is 21.4. The van der Waals surface area contributed by atoms with E-state index >= 15 is 0 Å². The van der Waals surface area contributed by atoms with Crippen LogP contribution in [0.2, 0.25) is 5.02 Å². The van der Waals surface area contributed by atoms with Gasteiger partial charge in [0.2, 0.25) is 6.79 Å². The Morgan fingerprint density at radius 3 is 2.69 bits per heavy atom. The first-order valence-corrected chi connectivity index (χ1v) is 8.42. The molecule has 26 heavy (non-hydrogen) atoms. The van der Waals surface area contributed by atoms with Crippen molar-refractivity contribution >= 4 is 28.9 Å². The molecule has 0 spiro atoms. The lowest BCUT2D eigenvalue weighted by molar-refractivity contribution is 0.102. The molecule has 7 nitrogen and oxygen atoms in total. The number of hydrogen-bond donors (Lipinski definition) is 2. The van der Waals surface area contributed by atoms with E-state index in [9.17, 15) is 4.79 Å². The molecule has 3 N–H and O–H groups in total. The highest BCUT2D eigenvalue weighted by atomic mass is 35.5. The summed E-state index contributed by atoms with van der Waals surface area (Å²) in [4.78, 5) is 12.6. The highest BCUT2D eigenvalue weighted by Crippen LogP contribution is 2.39. The van der Waals surface area contributed by atoms with Crippen LogP contribution >= 0.6 is 11.6 Å². The fraction of sp³-hybridized carbons (Fsp3) is 0.278. The third-order valence-corrected chi connectivity index (χ3v) is 4.02. The number of nitrogens with one attached hydrogen (secondary N) is 1. The Labute approximate surface area is 155 Å². The largest absolute Gasteiger partial charge is 0.493 e. The molecule has 0 saturated carbocycles. The van der Waals surface area contributed by atoms with Crippen molar-refractivity contribution in [3.8, 4) is 23.0 Å². The van der Waals surface area contributed by atoms with Gasteiger partial charge in [-0.05, 0) is 18.6 Å². The van der Waals surface area contributed by atoms with Crippen LogP contribution < -0.4 is 30.0 Å². The number of rotatable bonds is 6. The van der Waals surface area contributed by atoms with Crippen molar-refractivity contribution in [2.45, 2.75) is 13.3 Å². The molecular formula is C18H19ClN2O5. The topological polar surface area (TPSA) is 92.0 Å². The van der Waals surface area contributed by atoms with Gasteiger partial charge >= 0.3 is 0 Å². The lowest BCUT2D eigenvalue weighted by atomic mass is 10.1. The lowest BCUT2D eigenvalue weighted by Crippen LogP contribution is -2.14. The van der Waals surface area contributed by atoms with E-state index in [1.165, 1.54) is 13.2 Å². The predicted molar refractivity (Wildman–Crippen MR) is 98.7 cm³/mol. The summed E-state index contributed by atoms with van der Waals surface area (Å²) in [5.41, 5.74) is 7.06. The van der Waals surface area contributed by atoms with Crippen molar-refractivity contribution in [1.82, 2.24) is 0 Å². The van der Waals surface area contributed by atoms with Crippen LogP contribution in [0.25, 0.3) is 0 Å². The van der Waals surface area contributed by atoms with Crippen LogP contribution in [0, 0.1) is 0 Å². The second kappa shape index (κ2) is 7.61. The van der Waals surface area contributed by atoms with Crippen LogP contribution in [0.15, 0.2) is 24.3 Å². The molecule has 1 heterocycles. The molecule has 0 atom stereocenters. The van der Waals surface area contributed by atoms with Crippen LogP contribution in [0.4, 0.5) is 11.4 Å². The van der Waals surface area contributed by atoms with Crippen LogP contribution in [0.5, 0.6) is 23.0 Å². The molecule has 2 aromatic carbocycles. The van der Waals surface area contributed by atoms with Crippen molar-refractivity contribution in [2.24, 2.45) is 0 Å².